The Morgan fingerprint density at radius 1 is 1.22 bits per heavy atom. The molecule has 4 rings (SSSR count). The van der Waals surface area contributed by atoms with Gasteiger partial charge in [0.15, 0.2) is 11.0 Å². The van der Waals surface area contributed by atoms with E-state index in [4.69, 9.17) is 21.1 Å². The van der Waals surface area contributed by atoms with Gasteiger partial charge in [0, 0.05) is 16.9 Å². The summed E-state index contributed by atoms with van der Waals surface area (Å²) in [6.07, 6.45) is 5.04. The number of fused-ring (bicyclic) bond motifs is 1. The van der Waals surface area contributed by atoms with Gasteiger partial charge in [-0.2, -0.15) is 0 Å². The molecule has 0 spiro atoms. The zero-order chi connectivity index (χ0) is 25.7. The van der Waals surface area contributed by atoms with Crippen LogP contribution in [0.25, 0.3) is 0 Å². The summed E-state index contributed by atoms with van der Waals surface area (Å²) in [5, 5.41) is 13.2. The number of ether oxygens (including phenoxy) is 2. The Balaban J connectivity index is 1.39. The summed E-state index contributed by atoms with van der Waals surface area (Å²) >= 11 is 8.78. The maximum Gasteiger partial charge on any atom is 0.341 e. The number of nitrogens with one attached hydrogen (secondary N) is 1. The second-order valence-electron chi connectivity index (χ2n) is 8.48. The van der Waals surface area contributed by atoms with E-state index in [1.807, 2.05) is 26.1 Å². The number of anilines is 1. The van der Waals surface area contributed by atoms with Crippen molar-refractivity contribution in [3.63, 3.8) is 0 Å². The molecular formula is C25H29ClN4O4S2. The second-order valence-corrected chi connectivity index (χ2v) is 11.0. The van der Waals surface area contributed by atoms with Crippen molar-refractivity contribution < 1.29 is 19.1 Å². The Kier molecular flexibility index (Phi) is 8.92. The van der Waals surface area contributed by atoms with Crippen LogP contribution in [0.1, 0.15) is 58.4 Å². The van der Waals surface area contributed by atoms with Crippen molar-refractivity contribution in [3.8, 4) is 5.75 Å². The molecule has 0 bridgehead atoms. The lowest BCUT2D eigenvalue weighted by Gasteiger charge is -2.09. The SMILES string of the molecule is CCOC(=O)c1c(NC(=O)CSc2nnc(COc3ccc(Cl)cc3C)n2C)sc2c1CCCCC2. The molecule has 0 saturated carbocycles. The fraction of sp³-hybridized carbons (Fsp3) is 0.440. The van der Waals surface area contributed by atoms with Crippen LogP contribution in [-0.4, -0.2) is 39.0 Å². The van der Waals surface area contributed by atoms with Crippen LogP contribution in [0.5, 0.6) is 5.75 Å². The van der Waals surface area contributed by atoms with Gasteiger partial charge in [0.2, 0.25) is 5.91 Å². The first-order valence-electron chi connectivity index (χ1n) is 11.9. The molecule has 0 fully saturated rings. The van der Waals surface area contributed by atoms with Gasteiger partial charge in [-0.25, -0.2) is 4.79 Å². The third kappa shape index (κ3) is 6.22. The van der Waals surface area contributed by atoms with Crippen LogP contribution in [-0.2, 0) is 36.0 Å². The first kappa shape index (κ1) is 26.5. The van der Waals surface area contributed by atoms with E-state index in [9.17, 15) is 9.59 Å². The minimum atomic E-state index is -0.367. The van der Waals surface area contributed by atoms with Crippen LogP contribution in [0.2, 0.25) is 5.02 Å². The predicted octanol–water partition coefficient (Wildman–Crippen LogP) is 5.59. The maximum atomic E-state index is 12.8. The number of aryl methyl sites for hydroxylation is 2. The Labute approximate surface area is 223 Å². The third-order valence-corrected chi connectivity index (χ3v) is 8.37. The van der Waals surface area contributed by atoms with Gasteiger partial charge >= 0.3 is 5.97 Å². The molecule has 0 saturated heterocycles. The number of carbonyl (C=O) groups excluding carboxylic acids is 2. The van der Waals surface area contributed by atoms with Gasteiger partial charge in [-0.15, -0.1) is 21.5 Å². The number of thioether (sulfide) groups is 1. The molecule has 0 atom stereocenters. The molecule has 36 heavy (non-hydrogen) atoms. The van der Waals surface area contributed by atoms with Gasteiger partial charge in [0.05, 0.1) is 17.9 Å². The number of aromatic nitrogens is 3. The molecule has 11 heteroatoms. The van der Waals surface area contributed by atoms with E-state index in [0.29, 0.717) is 33.2 Å². The number of benzene rings is 1. The van der Waals surface area contributed by atoms with Gasteiger partial charge in [0.25, 0.3) is 0 Å². The van der Waals surface area contributed by atoms with Crippen LogP contribution >= 0.6 is 34.7 Å². The molecule has 1 aliphatic rings. The number of hydrogen-bond donors (Lipinski definition) is 1. The van der Waals surface area contributed by atoms with Crippen LogP contribution in [0.15, 0.2) is 23.4 Å². The third-order valence-electron chi connectivity index (χ3n) is 5.91. The Bertz CT molecular complexity index is 1260. The molecule has 0 aliphatic heterocycles. The molecule has 3 aromatic rings. The highest BCUT2D eigenvalue weighted by molar-refractivity contribution is 7.99. The van der Waals surface area contributed by atoms with Crippen molar-refractivity contribution >= 4 is 51.6 Å². The number of thiophene rings is 1. The molecule has 192 valence electrons. The fourth-order valence-corrected chi connectivity index (χ4v) is 6.31. The first-order chi connectivity index (χ1) is 17.4. The van der Waals surface area contributed by atoms with Crippen molar-refractivity contribution in [2.45, 2.75) is 57.7 Å². The van der Waals surface area contributed by atoms with E-state index < -0.39 is 0 Å². The van der Waals surface area contributed by atoms with E-state index in [0.717, 1.165) is 49.0 Å². The molecular weight excluding hydrogens is 520 g/mol. The standard InChI is InChI=1S/C25H29ClN4O4S2/c1-4-33-24(32)22-17-8-6-5-7-9-19(17)36-23(22)27-21(31)14-35-25-29-28-20(30(25)3)13-34-18-11-10-16(26)12-15(18)2/h10-12H,4-9,13-14H2,1-3H3,(H,27,31). The highest BCUT2D eigenvalue weighted by atomic mass is 35.5. The number of amides is 1. The Hall–Kier alpha value is -2.56. The predicted molar refractivity (Wildman–Crippen MR) is 142 cm³/mol. The average molecular weight is 549 g/mol. The molecule has 2 heterocycles. The lowest BCUT2D eigenvalue weighted by Crippen LogP contribution is -2.17. The topological polar surface area (TPSA) is 95.3 Å². The molecule has 1 N–H and O–H groups in total. The van der Waals surface area contributed by atoms with Crippen LogP contribution < -0.4 is 10.1 Å². The largest absolute Gasteiger partial charge is 0.485 e. The maximum absolute atomic E-state index is 12.8. The number of carbonyl (C=O) groups is 2. The van der Waals surface area contributed by atoms with Crippen LogP contribution in [0.4, 0.5) is 5.00 Å². The molecule has 1 aromatic carbocycles. The summed E-state index contributed by atoms with van der Waals surface area (Å²) in [4.78, 5) is 26.7. The van der Waals surface area contributed by atoms with Crippen molar-refractivity contribution in [3.05, 3.63) is 50.6 Å². The minimum Gasteiger partial charge on any atom is -0.485 e. The highest BCUT2D eigenvalue weighted by Gasteiger charge is 2.26. The second kappa shape index (κ2) is 12.1. The molecule has 2 aromatic heterocycles. The van der Waals surface area contributed by atoms with Crippen molar-refractivity contribution in [2.24, 2.45) is 7.05 Å². The van der Waals surface area contributed by atoms with Crippen molar-refractivity contribution in [1.82, 2.24) is 14.8 Å². The summed E-state index contributed by atoms with van der Waals surface area (Å²) in [6.45, 7) is 4.25. The summed E-state index contributed by atoms with van der Waals surface area (Å²) in [7, 11) is 1.84. The van der Waals surface area contributed by atoms with E-state index in [-0.39, 0.29) is 24.2 Å². The molecule has 8 nitrogen and oxygen atoms in total. The molecule has 1 aliphatic carbocycles. The monoisotopic (exact) mass is 548 g/mol. The van der Waals surface area contributed by atoms with Gasteiger partial charge in [-0.05, 0) is 68.9 Å². The normalized spacial score (nSPS) is 13.1. The number of nitrogens with zero attached hydrogens (tertiary/aromatic N) is 3. The van der Waals surface area contributed by atoms with Gasteiger partial charge < -0.3 is 19.4 Å². The Morgan fingerprint density at radius 3 is 2.81 bits per heavy atom. The van der Waals surface area contributed by atoms with E-state index in [1.54, 1.807) is 17.6 Å². The zero-order valence-electron chi connectivity index (χ0n) is 20.6. The summed E-state index contributed by atoms with van der Waals surface area (Å²) in [5.74, 6) is 0.920. The average Bonchev–Trinajstić information content (AvgIpc) is 3.27. The first-order valence-corrected chi connectivity index (χ1v) is 14.1. The van der Waals surface area contributed by atoms with E-state index >= 15 is 0 Å². The molecule has 0 radical (unpaired) electrons. The zero-order valence-corrected chi connectivity index (χ0v) is 22.9. The fourth-order valence-electron chi connectivity index (χ4n) is 4.06. The smallest absolute Gasteiger partial charge is 0.341 e. The number of esters is 1. The lowest BCUT2D eigenvalue weighted by atomic mass is 10.1. The summed E-state index contributed by atoms with van der Waals surface area (Å²) in [6, 6.07) is 5.44. The highest BCUT2D eigenvalue weighted by Crippen LogP contribution is 2.38. The minimum absolute atomic E-state index is 0.133. The summed E-state index contributed by atoms with van der Waals surface area (Å²) in [5.41, 5.74) is 2.49. The summed E-state index contributed by atoms with van der Waals surface area (Å²) < 4.78 is 13.0. The van der Waals surface area contributed by atoms with Crippen LogP contribution in [0, 0.1) is 6.92 Å². The number of halogens is 1. The Morgan fingerprint density at radius 2 is 2.03 bits per heavy atom. The van der Waals surface area contributed by atoms with E-state index in [2.05, 4.69) is 15.5 Å². The number of rotatable bonds is 9. The molecule has 0 unspecified atom stereocenters. The lowest BCUT2D eigenvalue weighted by molar-refractivity contribution is -0.113. The van der Waals surface area contributed by atoms with E-state index in [1.165, 1.54) is 28.0 Å². The molecule has 1 amide bonds. The quantitative estimate of drug-likeness (QED) is 0.211. The van der Waals surface area contributed by atoms with Gasteiger partial charge in [-0.1, -0.05) is 29.8 Å². The van der Waals surface area contributed by atoms with Crippen molar-refractivity contribution in [1.29, 1.82) is 0 Å². The van der Waals surface area contributed by atoms with Gasteiger partial charge in [0.1, 0.15) is 17.4 Å². The van der Waals surface area contributed by atoms with Gasteiger partial charge in [-0.3, -0.25) is 4.79 Å². The number of hydrogen-bond acceptors (Lipinski definition) is 8. The van der Waals surface area contributed by atoms with Crippen LogP contribution in [0.3, 0.4) is 0 Å². The van der Waals surface area contributed by atoms with Crippen molar-refractivity contribution in [2.75, 3.05) is 17.7 Å².